The first kappa shape index (κ1) is 17.1. The number of benzene rings is 1. The van der Waals surface area contributed by atoms with Crippen LogP contribution in [0.25, 0.3) is 0 Å². The number of rotatable bonds is 7. The van der Waals surface area contributed by atoms with Gasteiger partial charge in [0.2, 0.25) is 10.0 Å². The van der Waals surface area contributed by atoms with Gasteiger partial charge < -0.3 is 15.6 Å². The fraction of sp³-hybridized carbons (Fsp3) is 0.455. The van der Waals surface area contributed by atoms with Crippen LogP contribution in [0.3, 0.4) is 0 Å². The van der Waals surface area contributed by atoms with E-state index in [4.69, 9.17) is 27.2 Å². The van der Waals surface area contributed by atoms with E-state index >= 15 is 0 Å². The van der Waals surface area contributed by atoms with Crippen molar-refractivity contribution < 1.29 is 22.7 Å². The molecule has 1 aromatic carbocycles. The highest BCUT2D eigenvalue weighted by atomic mass is 35.5. The van der Waals surface area contributed by atoms with Crippen molar-refractivity contribution in [1.82, 2.24) is 4.72 Å². The number of nitrogens with two attached hydrogens (primary N) is 1. The Balaban J connectivity index is 3.10. The third-order valence-corrected chi connectivity index (χ3v) is 4.27. The number of aliphatic hydroxyl groups excluding tert-OH is 1. The Morgan fingerprint density at radius 1 is 1.55 bits per heavy atom. The lowest BCUT2D eigenvalue weighted by atomic mass is 10.2. The molecule has 0 spiro atoms. The zero-order valence-corrected chi connectivity index (χ0v) is 12.3. The molecule has 0 heterocycles. The molecule has 0 aliphatic carbocycles. The molecule has 1 rings (SSSR count). The zero-order valence-electron chi connectivity index (χ0n) is 10.8. The predicted octanol–water partition coefficient (Wildman–Crippen LogP) is 0.737. The van der Waals surface area contributed by atoms with Crippen LogP contribution in [0.5, 0.6) is 0 Å². The van der Waals surface area contributed by atoms with Crippen molar-refractivity contribution in [3.05, 3.63) is 23.0 Å². The van der Waals surface area contributed by atoms with Crippen molar-refractivity contribution in [3.8, 4) is 0 Å². The molecule has 1 unspecified atom stereocenters. The summed E-state index contributed by atoms with van der Waals surface area (Å²) in [5, 5.41) is 8.49. The molecule has 20 heavy (non-hydrogen) atoms. The van der Waals surface area contributed by atoms with Crippen molar-refractivity contribution in [1.29, 1.82) is 0 Å². The maximum Gasteiger partial charge on any atom is 0.243 e. The van der Waals surface area contributed by atoms with Gasteiger partial charge in [0, 0.05) is 25.4 Å². The first-order valence-electron chi connectivity index (χ1n) is 5.68. The average molecular weight is 327 g/mol. The van der Waals surface area contributed by atoms with E-state index in [-0.39, 0.29) is 30.3 Å². The minimum atomic E-state index is -4.16. The number of sulfonamides is 1. The minimum absolute atomic E-state index is 0.0298. The Labute approximate surface area is 121 Å². The average Bonchev–Trinajstić information content (AvgIpc) is 2.33. The second-order valence-electron chi connectivity index (χ2n) is 4.10. The molecular formula is C11H16ClFN2O4S. The van der Waals surface area contributed by atoms with Crippen LogP contribution in [0.2, 0.25) is 5.02 Å². The second kappa shape index (κ2) is 7.19. The summed E-state index contributed by atoms with van der Waals surface area (Å²) in [6.45, 7) is -0.200. The Bertz CT molecular complexity index is 562. The molecule has 0 aliphatic rings. The summed E-state index contributed by atoms with van der Waals surface area (Å²) in [7, 11) is -2.77. The molecule has 0 saturated carbocycles. The van der Waals surface area contributed by atoms with E-state index < -0.39 is 26.8 Å². The largest absolute Gasteiger partial charge is 0.399 e. The summed E-state index contributed by atoms with van der Waals surface area (Å²) < 4.78 is 45.1. The van der Waals surface area contributed by atoms with Crippen molar-refractivity contribution in [2.24, 2.45) is 0 Å². The summed E-state index contributed by atoms with van der Waals surface area (Å²) in [5.74, 6) is -1.08. The molecule has 114 valence electrons. The molecule has 9 heteroatoms. The highest BCUT2D eigenvalue weighted by Gasteiger charge is 2.25. The number of nitrogens with one attached hydrogen (secondary N) is 1. The molecule has 0 saturated heterocycles. The maximum atomic E-state index is 13.8. The Morgan fingerprint density at radius 3 is 2.75 bits per heavy atom. The monoisotopic (exact) mass is 326 g/mol. The smallest absolute Gasteiger partial charge is 0.243 e. The lowest BCUT2D eigenvalue weighted by Crippen LogP contribution is -2.39. The SMILES string of the molecule is COCC(CCO)NS(=O)(=O)c1cc(N)cc(Cl)c1F. The van der Waals surface area contributed by atoms with Crippen molar-refractivity contribution in [3.63, 3.8) is 0 Å². The van der Waals surface area contributed by atoms with Gasteiger partial charge in [-0.1, -0.05) is 11.6 Å². The number of halogens is 2. The molecular weight excluding hydrogens is 311 g/mol. The van der Waals surface area contributed by atoms with Crippen LogP contribution in [0.1, 0.15) is 6.42 Å². The van der Waals surface area contributed by atoms with Gasteiger partial charge in [-0.05, 0) is 18.6 Å². The van der Waals surface area contributed by atoms with Crippen molar-refractivity contribution in [2.45, 2.75) is 17.4 Å². The third kappa shape index (κ3) is 4.29. The van der Waals surface area contributed by atoms with Crippen LogP contribution in [0.15, 0.2) is 17.0 Å². The summed E-state index contributed by atoms with van der Waals surface area (Å²) in [6.07, 6.45) is 0.130. The molecule has 0 amide bonds. The molecule has 6 nitrogen and oxygen atoms in total. The Hall–Kier alpha value is -0.930. The molecule has 1 aromatic rings. The minimum Gasteiger partial charge on any atom is -0.399 e. The number of anilines is 1. The van der Waals surface area contributed by atoms with Crippen LogP contribution in [-0.4, -0.2) is 39.9 Å². The molecule has 0 aliphatic heterocycles. The number of hydrogen-bond acceptors (Lipinski definition) is 5. The second-order valence-corrected chi connectivity index (χ2v) is 6.19. The summed E-state index contributed by atoms with van der Waals surface area (Å²) in [6, 6.07) is 1.41. The number of nitrogen functional groups attached to an aromatic ring is 1. The van der Waals surface area contributed by atoms with Gasteiger partial charge in [0.15, 0.2) is 5.82 Å². The van der Waals surface area contributed by atoms with E-state index in [0.29, 0.717) is 0 Å². The van der Waals surface area contributed by atoms with Gasteiger partial charge in [0.05, 0.1) is 11.6 Å². The van der Waals surface area contributed by atoms with E-state index in [9.17, 15) is 12.8 Å². The molecule has 0 bridgehead atoms. The maximum absolute atomic E-state index is 13.8. The van der Waals surface area contributed by atoms with E-state index in [0.717, 1.165) is 12.1 Å². The summed E-state index contributed by atoms with van der Waals surface area (Å²) in [4.78, 5) is -0.637. The number of aliphatic hydroxyl groups is 1. The van der Waals surface area contributed by atoms with Crippen LogP contribution in [-0.2, 0) is 14.8 Å². The number of methoxy groups -OCH3 is 1. The van der Waals surface area contributed by atoms with Gasteiger partial charge in [0.1, 0.15) is 4.90 Å². The number of hydrogen-bond donors (Lipinski definition) is 3. The van der Waals surface area contributed by atoms with Crippen LogP contribution in [0.4, 0.5) is 10.1 Å². The van der Waals surface area contributed by atoms with E-state index in [1.165, 1.54) is 7.11 Å². The van der Waals surface area contributed by atoms with E-state index in [1.54, 1.807) is 0 Å². The van der Waals surface area contributed by atoms with Crippen molar-refractivity contribution >= 4 is 27.3 Å². The van der Waals surface area contributed by atoms with Gasteiger partial charge in [-0.2, -0.15) is 0 Å². The lowest BCUT2D eigenvalue weighted by Gasteiger charge is -2.17. The van der Waals surface area contributed by atoms with Crippen LogP contribution in [0, 0.1) is 5.82 Å². The predicted molar refractivity (Wildman–Crippen MR) is 73.5 cm³/mol. The first-order valence-corrected chi connectivity index (χ1v) is 7.54. The lowest BCUT2D eigenvalue weighted by molar-refractivity contribution is 0.158. The molecule has 0 fully saturated rings. The van der Waals surface area contributed by atoms with Crippen LogP contribution >= 0.6 is 11.6 Å². The molecule has 4 N–H and O–H groups in total. The van der Waals surface area contributed by atoms with E-state index in [2.05, 4.69) is 4.72 Å². The fourth-order valence-corrected chi connectivity index (χ4v) is 3.27. The first-order chi connectivity index (χ1) is 9.31. The third-order valence-electron chi connectivity index (χ3n) is 2.47. The number of ether oxygens (including phenoxy) is 1. The summed E-state index contributed by atoms with van der Waals surface area (Å²) >= 11 is 5.57. The van der Waals surface area contributed by atoms with Gasteiger partial charge in [-0.25, -0.2) is 17.5 Å². The quantitative estimate of drug-likeness (QED) is 0.641. The normalized spacial score (nSPS) is 13.4. The topological polar surface area (TPSA) is 102 Å². The van der Waals surface area contributed by atoms with Crippen molar-refractivity contribution in [2.75, 3.05) is 26.1 Å². The highest BCUT2D eigenvalue weighted by molar-refractivity contribution is 7.89. The van der Waals surface area contributed by atoms with Crippen LogP contribution < -0.4 is 10.5 Å². The summed E-state index contributed by atoms with van der Waals surface area (Å²) in [5.41, 5.74) is 5.49. The zero-order chi connectivity index (χ0) is 15.3. The van der Waals surface area contributed by atoms with Gasteiger partial charge >= 0.3 is 0 Å². The van der Waals surface area contributed by atoms with E-state index in [1.807, 2.05) is 0 Å². The Kier molecular flexibility index (Phi) is 6.15. The molecule has 0 aromatic heterocycles. The van der Waals surface area contributed by atoms with Gasteiger partial charge in [-0.3, -0.25) is 0 Å². The highest BCUT2D eigenvalue weighted by Crippen LogP contribution is 2.25. The Morgan fingerprint density at radius 2 is 2.20 bits per heavy atom. The van der Waals surface area contributed by atoms with Gasteiger partial charge in [0.25, 0.3) is 0 Å². The molecule has 0 radical (unpaired) electrons. The fourth-order valence-electron chi connectivity index (χ4n) is 1.60. The van der Waals surface area contributed by atoms with Gasteiger partial charge in [-0.15, -0.1) is 0 Å². The standard InChI is InChI=1S/C11H16ClFN2O4S/c1-19-6-8(2-3-16)15-20(17,18)10-5-7(14)4-9(12)11(10)13/h4-5,8,15-16H,2-3,6,14H2,1H3. The molecule has 1 atom stereocenters.